The van der Waals surface area contributed by atoms with Gasteiger partial charge < -0.3 is 14.6 Å². The summed E-state index contributed by atoms with van der Waals surface area (Å²) >= 11 is 0. The van der Waals surface area contributed by atoms with Gasteiger partial charge in [0.05, 0.1) is 24.0 Å². The molecule has 0 saturated heterocycles. The van der Waals surface area contributed by atoms with Gasteiger partial charge in [0.1, 0.15) is 11.4 Å². The minimum atomic E-state index is -0.295. The van der Waals surface area contributed by atoms with E-state index in [2.05, 4.69) is 20.6 Å². The third kappa shape index (κ3) is 3.09. The highest BCUT2D eigenvalue weighted by atomic mass is 16.5. The summed E-state index contributed by atoms with van der Waals surface area (Å²) in [7, 11) is 5.36. The number of nitrogens with zero attached hydrogens (tertiary/aromatic N) is 4. The highest BCUT2D eigenvalue weighted by Gasteiger charge is 2.20. The van der Waals surface area contributed by atoms with Crippen LogP contribution in [0.5, 0.6) is 0 Å². The number of carbonyl (C=O) groups excluding carboxylic acids is 1. The van der Waals surface area contributed by atoms with Gasteiger partial charge in [-0.2, -0.15) is 10.2 Å². The number of rotatable bonds is 6. The fourth-order valence-electron chi connectivity index (χ4n) is 2.63. The summed E-state index contributed by atoms with van der Waals surface area (Å²) in [5.41, 5.74) is 2.92. The van der Waals surface area contributed by atoms with E-state index in [-0.39, 0.29) is 11.9 Å². The van der Waals surface area contributed by atoms with E-state index in [1.165, 1.54) is 0 Å². The van der Waals surface area contributed by atoms with Gasteiger partial charge in [0.15, 0.2) is 0 Å². The maximum absolute atomic E-state index is 12.5. The second-order valence-corrected chi connectivity index (χ2v) is 5.53. The molecule has 3 aromatic heterocycles. The zero-order valence-electron chi connectivity index (χ0n) is 13.9. The number of hydrogen-bond acceptors (Lipinski definition) is 4. The van der Waals surface area contributed by atoms with Crippen molar-refractivity contribution in [2.45, 2.75) is 6.04 Å². The fourth-order valence-corrected chi connectivity index (χ4v) is 2.63. The Labute approximate surface area is 139 Å². The van der Waals surface area contributed by atoms with Gasteiger partial charge in [-0.3, -0.25) is 14.6 Å². The maximum atomic E-state index is 12.5. The van der Waals surface area contributed by atoms with Crippen LogP contribution in [0, 0.1) is 0 Å². The van der Waals surface area contributed by atoms with Crippen molar-refractivity contribution in [1.82, 2.24) is 29.9 Å². The first kappa shape index (κ1) is 16.0. The molecule has 0 fully saturated rings. The van der Waals surface area contributed by atoms with Gasteiger partial charge in [0.25, 0.3) is 5.91 Å². The molecule has 1 unspecified atom stereocenters. The molecule has 8 nitrogen and oxygen atoms in total. The molecule has 0 aliphatic heterocycles. The highest BCUT2D eigenvalue weighted by Crippen LogP contribution is 2.18. The number of aromatic nitrogens is 5. The van der Waals surface area contributed by atoms with E-state index in [0.29, 0.717) is 12.3 Å². The van der Waals surface area contributed by atoms with Crippen molar-refractivity contribution in [2.24, 2.45) is 14.1 Å². The quantitative estimate of drug-likeness (QED) is 0.713. The largest absolute Gasteiger partial charge is 0.382 e. The molecule has 2 N–H and O–H groups in total. The molecule has 1 atom stereocenters. The molecule has 24 heavy (non-hydrogen) atoms. The Morgan fingerprint density at radius 3 is 2.88 bits per heavy atom. The van der Waals surface area contributed by atoms with E-state index in [4.69, 9.17) is 4.74 Å². The molecule has 1 amide bonds. The molecule has 3 heterocycles. The minimum absolute atomic E-state index is 0.244. The first-order valence-electron chi connectivity index (χ1n) is 7.55. The molecular formula is C16H20N6O2. The number of H-pyrrole nitrogens is 1. The van der Waals surface area contributed by atoms with Crippen molar-refractivity contribution < 1.29 is 9.53 Å². The molecule has 0 radical (unpaired) electrons. The van der Waals surface area contributed by atoms with Gasteiger partial charge in [0.2, 0.25) is 0 Å². The molecule has 0 saturated carbocycles. The normalized spacial score (nSPS) is 12.3. The molecule has 0 aliphatic carbocycles. The standard InChI is InChI=1S/C16H20N6O2/c1-21-8-4-5-14(21)11-9-12(20-19-11)16(23)18-13(10-24-3)15-6-7-17-22(15)2/h4-9,13H,10H2,1-3H3,(H,18,23)(H,19,20). The summed E-state index contributed by atoms with van der Waals surface area (Å²) in [6, 6.07) is 7.17. The minimum Gasteiger partial charge on any atom is -0.382 e. The average Bonchev–Trinajstić information content (AvgIpc) is 3.27. The maximum Gasteiger partial charge on any atom is 0.269 e. The summed E-state index contributed by atoms with van der Waals surface area (Å²) < 4.78 is 8.87. The molecule has 126 valence electrons. The number of carbonyl (C=O) groups is 1. The van der Waals surface area contributed by atoms with Crippen molar-refractivity contribution in [3.05, 3.63) is 48.0 Å². The third-order valence-corrected chi connectivity index (χ3v) is 3.88. The van der Waals surface area contributed by atoms with Crippen LogP contribution < -0.4 is 5.32 Å². The zero-order chi connectivity index (χ0) is 17.1. The van der Waals surface area contributed by atoms with Crippen molar-refractivity contribution in [3.8, 4) is 11.4 Å². The number of ether oxygens (including phenoxy) is 1. The van der Waals surface area contributed by atoms with E-state index in [1.807, 2.05) is 43.1 Å². The highest BCUT2D eigenvalue weighted by molar-refractivity contribution is 5.93. The van der Waals surface area contributed by atoms with Crippen LogP contribution in [0.15, 0.2) is 36.7 Å². The van der Waals surface area contributed by atoms with Gasteiger partial charge in [0, 0.05) is 33.6 Å². The summed E-state index contributed by atoms with van der Waals surface area (Å²) in [4.78, 5) is 12.5. The Bertz CT molecular complexity index is 831. The van der Waals surface area contributed by atoms with Gasteiger partial charge in [-0.1, -0.05) is 0 Å². The lowest BCUT2D eigenvalue weighted by molar-refractivity contribution is 0.0887. The van der Waals surface area contributed by atoms with Gasteiger partial charge in [-0.25, -0.2) is 0 Å². The number of aromatic amines is 1. The molecular weight excluding hydrogens is 308 g/mol. The summed E-state index contributed by atoms with van der Waals surface area (Å²) in [5.74, 6) is -0.244. The lowest BCUT2D eigenvalue weighted by atomic mass is 10.2. The first-order valence-corrected chi connectivity index (χ1v) is 7.55. The van der Waals surface area contributed by atoms with Crippen LogP contribution in [0.1, 0.15) is 22.2 Å². The number of methoxy groups -OCH3 is 1. The number of hydrogen-bond donors (Lipinski definition) is 2. The molecule has 3 aromatic rings. The van der Waals surface area contributed by atoms with Crippen LogP contribution in [0.4, 0.5) is 0 Å². The number of aryl methyl sites for hydroxylation is 2. The monoisotopic (exact) mass is 328 g/mol. The Morgan fingerprint density at radius 1 is 1.42 bits per heavy atom. The smallest absolute Gasteiger partial charge is 0.269 e. The SMILES string of the molecule is COCC(NC(=O)c1cc(-c2cccn2C)n[nH]1)c1ccnn1C. The Morgan fingerprint density at radius 2 is 2.25 bits per heavy atom. The molecule has 0 bridgehead atoms. The lowest BCUT2D eigenvalue weighted by Gasteiger charge is -2.17. The first-order chi connectivity index (χ1) is 11.6. The van der Waals surface area contributed by atoms with Crippen LogP contribution >= 0.6 is 0 Å². The Kier molecular flexibility index (Phi) is 4.48. The van der Waals surface area contributed by atoms with E-state index >= 15 is 0 Å². The van der Waals surface area contributed by atoms with Crippen LogP contribution in [0.25, 0.3) is 11.4 Å². The molecule has 0 aromatic carbocycles. The van der Waals surface area contributed by atoms with Crippen molar-refractivity contribution in [1.29, 1.82) is 0 Å². The Balaban J connectivity index is 1.78. The summed E-state index contributed by atoms with van der Waals surface area (Å²) in [6.45, 7) is 0.351. The summed E-state index contributed by atoms with van der Waals surface area (Å²) in [5, 5.41) is 14.1. The number of nitrogens with one attached hydrogen (secondary N) is 2. The van der Waals surface area contributed by atoms with Crippen molar-refractivity contribution in [3.63, 3.8) is 0 Å². The molecule has 3 rings (SSSR count). The fraction of sp³-hybridized carbons (Fsp3) is 0.312. The van der Waals surface area contributed by atoms with Crippen LogP contribution in [0.2, 0.25) is 0 Å². The van der Waals surface area contributed by atoms with E-state index in [0.717, 1.165) is 17.1 Å². The van der Waals surface area contributed by atoms with E-state index in [1.54, 1.807) is 24.1 Å². The second kappa shape index (κ2) is 6.71. The second-order valence-electron chi connectivity index (χ2n) is 5.53. The van der Waals surface area contributed by atoms with Crippen LogP contribution in [-0.2, 0) is 18.8 Å². The van der Waals surface area contributed by atoms with Gasteiger partial charge >= 0.3 is 0 Å². The van der Waals surface area contributed by atoms with Crippen molar-refractivity contribution >= 4 is 5.91 Å². The zero-order valence-corrected chi connectivity index (χ0v) is 13.9. The van der Waals surface area contributed by atoms with Crippen molar-refractivity contribution in [2.75, 3.05) is 13.7 Å². The topological polar surface area (TPSA) is 89.8 Å². The summed E-state index contributed by atoms with van der Waals surface area (Å²) in [6.07, 6.45) is 3.62. The molecule has 0 spiro atoms. The van der Waals surface area contributed by atoms with Gasteiger partial charge in [-0.05, 0) is 24.3 Å². The van der Waals surface area contributed by atoms with Gasteiger partial charge in [-0.15, -0.1) is 0 Å². The molecule has 8 heteroatoms. The van der Waals surface area contributed by atoms with Crippen LogP contribution in [-0.4, -0.2) is 44.2 Å². The predicted molar refractivity (Wildman–Crippen MR) is 88.3 cm³/mol. The lowest BCUT2D eigenvalue weighted by Crippen LogP contribution is -2.32. The average molecular weight is 328 g/mol. The van der Waals surface area contributed by atoms with E-state index < -0.39 is 0 Å². The predicted octanol–water partition coefficient (Wildman–Crippen LogP) is 1.27. The van der Waals surface area contributed by atoms with E-state index in [9.17, 15) is 4.79 Å². The third-order valence-electron chi connectivity index (χ3n) is 3.88. The number of amides is 1. The molecule has 0 aliphatic rings. The Hall–Kier alpha value is -2.87. The van der Waals surface area contributed by atoms with Crippen LogP contribution in [0.3, 0.4) is 0 Å².